The summed E-state index contributed by atoms with van der Waals surface area (Å²) < 4.78 is 25.8. The van der Waals surface area contributed by atoms with Gasteiger partial charge in [0.2, 0.25) is 5.91 Å². The van der Waals surface area contributed by atoms with Gasteiger partial charge in [-0.15, -0.1) is 0 Å². The van der Waals surface area contributed by atoms with Crippen molar-refractivity contribution in [2.24, 2.45) is 5.73 Å². The zero-order valence-electron chi connectivity index (χ0n) is 8.09. The van der Waals surface area contributed by atoms with Gasteiger partial charge in [-0.05, 0) is 18.2 Å². The summed E-state index contributed by atoms with van der Waals surface area (Å²) in [5.74, 6) is -1.38. The molecule has 0 aliphatic heterocycles. The number of amides is 1. The van der Waals surface area contributed by atoms with Crippen molar-refractivity contribution < 1.29 is 13.6 Å². The highest BCUT2D eigenvalue weighted by Crippen LogP contribution is 2.08. The third-order valence-electron chi connectivity index (χ3n) is 1.87. The van der Waals surface area contributed by atoms with Crippen LogP contribution in [0.25, 0.3) is 0 Å². The number of carbonyl (C=O) groups is 1. The fourth-order valence-electron chi connectivity index (χ4n) is 1.11. The van der Waals surface area contributed by atoms with Crippen molar-refractivity contribution in [3.05, 3.63) is 35.4 Å². The van der Waals surface area contributed by atoms with Crippen molar-refractivity contribution in [2.75, 3.05) is 6.54 Å². The van der Waals surface area contributed by atoms with Crippen LogP contribution in [0.4, 0.5) is 8.78 Å². The lowest BCUT2D eigenvalue weighted by Crippen LogP contribution is -2.22. The fraction of sp³-hybridized carbons (Fsp3) is 0.300. The lowest BCUT2D eigenvalue weighted by Gasteiger charge is -2.04. The minimum atomic E-state index is -0.483. The summed E-state index contributed by atoms with van der Waals surface area (Å²) in [5.41, 5.74) is 5.15. The molecule has 0 spiro atoms. The van der Waals surface area contributed by atoms with Crippen molar-refractivity contribution in [3.63, 3.8) is 0 Å². The molecule has 1 rings (SSSR count). The summed E-state index contributed by atoms with van der Waals surface area (Å²) in [5, 5.41) is 2.79. The van der Waals surface area contributed by atoms with E-state index in [2.05, 4.69) is 5.32 Å². The average Bonchev–Trinajstić information content (AvgIpc) is 2.17. The number of rotatable bonds is 5. The first-order chi connectivity index (χ1) is 7.09. The van der Waals surface area contributed by atoms with E-state index in [9.17, 15) is 13.6 Å². The van der Waals surface area contributed by atoms with Crippen LogP contribution >= 0.6 is 0 Å². The van der Waals surface area contributed by atoms with Gasteiger partial charge in [-0.25, -0.2) is 8.78 Å². The fourth-order valence-corrected chi connectivity index (χ4v) is 1.11. The molecule has 0 aliphatic carbocycles. The summed E-state index contributed by atoms with van der Waals surface area (Å²) in [6, 6.07) is 3.25. The molecular formula is C10H12F2N2O. The molecule has 15 heavy (non-hydrogen) atoms. The summed E-state index contributed by atoms with van der Waals surface area (Å²) in [6.07, 6.45) is 0.178. The molecule has 0 aliphatic rings. The standard InChI is InChI=1S/C10H12F2N2O/c11-8-1-2-9(12)7(5-8)6-14-4-3-10(13)15/h1-2,5,14H,3-4,6H2,(H2,13,15). The Balaban J connectivity index is 2.43. The van der Waals surface area contributed by atoms with Crippen LogP contribution in [-0.4, -0.2) is 12.5 Å². The Kier molecular flexibility index (Phi) is 4.17. The molecule has 1 amide bonds. The monoisotopic (exact) mass is 214 g/mol. The Bertz CT molecular complexity index is 355. The van der Waals surface area contributed by atoms with Crippen LogP contribution in [0.1, 0.15) is 12.0 Å². The number of carbonyl (C=O) groups excluding carboxylic acids is 1. The molecule has 1 aromatic carbocycles. The van der Waals surface area contributed by atoms with Gasteiger partial charge in [0.25, 0.3) is 0 Å². The van der Waals surface area contributed by atoms with Gasteiger partial charge in [0, 0.05) is 25.1 Å². The Labute approximate surface area is 86.3 Å². The van der Waals surface area contributed by atoms with Gasteiger partial charge in [0.1, 0.15) is 11.6 Å². The third kappa shape index (κ3) is 4.03. The Morgan fingerprint density at radius 2 is 2.13 bits per heavy atom. The van der Waals surface area contributed by atoms with Crippen molar-refractivity contribution >= 4 is 5.91 Å². The van der Waals surface area contributed by atoms with Crippen LogP contribution in [0.5, 0.6) is 0 Å². The maximum absolute atomic E-state index is 13.1. The Hall–Kier alpha value is -1.49. The van der Waals surface area contributed by atoms with Gasteiger partial charge in [0.05, 0.1) is 0 Å². The predicted molar refractivity (Wildman–Crippen MR) is 51.9 cm³/mol. The summed E-state index contributed by atoms with van der Waals surface area (Å²) >= 11 is 0. The zero-order valence-corrected chi connectivity index (χ0v) is 8.09. The van der Waals surface area contributed by atoms with Crippen LogP contribution in [0, 0.1) is 11.6 Å². The van der Waals surface area contributed by atoms with E-state index in [0.29, 0.717) is 6.54 Å². The third-order valence-corrected chi connectivity index (χ3v) is 1.87. The summed E-state index contributed by atoms with van der Waals surface area (Å²) in [7, 11) is 0. The van der Waals surface area contributed by atoms with E-state index in [1.54, 1.807) is 0 Å². The molecule has 5 heteroatoms. The molecular weight excluding hydrogens is 202 g/mol. The number of hydrogen-bond donors (Lipinski definition) is 2. The van der Waals surface area contributed by atoms with Gasteiger partial charge in [-0.2, -0.15) is 0 Å². The lowest BCUT2D eigenvalue weighted by atomic mass is 10.2. The minimum absolute atomic E-state index is 0.177. The molecule has 3 nitrogen and oxygen atoms in total. The quantitative estimate of drug-likeness (QED) is 0.716. The van der Waals surface area contributed by atoms with E-state index in [4.69, 9.17) is 5.73 Å². The molecule has 0 saturated carbocycles. The molecule has 1 aromatic rings. The number of nitrogens with two attached hydrogens (primary N) is 1. The van der Waals surface area contributed by atoms with E-state index < -0.39 is 17.5 Å². The van der Waals surface area contributed by atoms with E-state index in [1.807, 2.05) is 0 Å². The van der Waals surface area contributed by atoms with Gasteiger partial charge < -0.3 is 11.1 Å². The normalized spacial score (nSPS) is 10.3. The smallest absolute Gasteiger partial charge is 0.218 e. The molecule has 0 bridgehead atoms. The summed E-state index contributed by atoms with van der Waals surface area (Å²) in [4.78, 5) is 10.4. The molecule has 0 saturated heterocycles. The Morgan fingerprint density at radius 3 is 2.80 bits per heavy atom. The second-order valence-electron chi connectivity index (χ2n) is 3.13. The van der Waals surface area contributed by atoms with Crippen molar-refractivity contribution in [3.8, 4) is 0 Å². The molecule has 0 atom stereocenters. The maximum Gasteiger partial charge on any atom is 0.218 e. The van der Waals surface area contributed by atoms with Gasteiger partial charge in [-0.3, -0.25) is 4.79 Å². The molecule has 0 fully saturated rings. The first kappa shape index (κ1) is 11.6. The van der Waals surface area contributed by atoms with Crippen molar-refractivity contribution in [2.45, 2.75) is 13.0 Å². The number of nitrogens with one attached hydrogen (secondary N) is 1. The lowest BCUT2D eigenvalue weighted by molar-refractivity contribution is -0.117. The molecule has 0 heterocycles. The van der Waals surface area contributed by atoms with E-state index in [1.165, 1.54) is 0 Å². The van der Waals surface area contributed by atoms with Crippen LogP contribution in [-0.2, 0) is 11.3 Å². The summed E-state index contributed by atoms with van der Waals surface area (Å²) in [6.45, 7) is 0.530. The highest BCUT2D eigenvalue weighted by Gasteiger charge is 2.03. The molecule has 0 unspecified atom stereocenters. The second kappa shape index (κ2) is 5.41. The number of hydrogen-bond acceptors (Lipinski definition) is 2. The maximum atomic E-state index is 13.1. The van der Waals surface area contributed by atoms with E-state index in [-0.39, 0.29) is 18.5 Å². The SMILES string of the molecule is NC(=O)CCNCc1cc(F)ccc1F. The largest absolute Gasteiger partial charge is 0.370 e. The molecule has 82 valence electrons. The van der Waals surface area contributed by atoms with Gasteiger partial charge >= 0.3 is 0 Å². The number of primary amides is 1. The molecule has 0 aromatic heterocycles. The van der Waals surface area contributed by atoms with Crippen LogP contribution in [0.15, 0.2) is 18.2 Å². The van der Waals surface area contributed by atoms with Crippen molar-refractivity contribution in [1.82, 2.24) is 5.32 Å². The van der Waals surface area contributed by atoms with Crippen molar-refractivity contribution in [1.29, 1.82) is 0 Å². The van der Waals surface area contributed by atoms with Crippen LogP contribution in [0.2, 0.25) is 0 Å². The topological polar surface area (TPSA) is 55.1 Å². The first-order valence-corrected chi connectivity index (χ1v) is 4.52. The first-order valence-electron chi connectivity index (χ1n) is 4.52. The van der Waals surface area contributed by atoms with Gasteiger partial charge in [0.15, 0.2) is 0 Å². The Morgan fingerprint density at radius 1 is 1.40 bits per heavy atom. The van der Waals surface area contributed by atoms with Crippen LogP contribution in [0.3, 0.4) is 0 Å². The highest BCUT2D eigenvalue weighted by molar-refractivity contribution is 5.73. The number of benzene rings is 1. The predicted octanol–water partition coefficient (Wildman–Crippen LogP) is 0.930. The van der Waals surface area contributed by atoms with Gasteiger partial charge in [-0.1, -0.05) is 0 Å². The minimum Gasteiger partial charge on any atom is -0.370 e. The van der Waals surface area contributed by atoms with Crippen LogP contribution < -0.4 is 11.1 Å². The molecule has 0 radical (unpaired) electrons. The average molecular weight is 214 g/mol. The number of halogens is 2. The second-order valence-corrected chi connectivity index (χ2v) is 3.13. The zero-order chi connectivity index (χ0) is 11.3. The van der Waals surface area contributed by atoms with E-state index >= 15 is 0 Å². The van der Waals surface area contributed by atoms with E-state index in [0.717, 1.165) is 18.2 Å². The highest BCUT2D eigenvalue weighted by atomic mass is 19.1. The molecule has 3 N–H and O–H groups in total.